The lowest BCUT2D eigenvalue weighted by Gasteiger charge is -2.28. The van der Waals surface area contributed by atoms with E-state index in [4.69, 9.17) is 0 Å². The summed E-state index contributed by atoms with van der Waals surface area (Å²) in [5.41, 5.74) is 2.45. The maximum atomic E-state index is 12.5. The Morgan fingerprint density at radius 1 is 1.08 bits per heavy atom. The Balaban J connectivity index is 1.33. The minimum atomic E-state index is -0.826. The van der Waals surface area contributed by atoms with E-state index in [1.54, 1.807) is 12.1 Å². The Morgan fingerprint density at radius 2 is 1.84 bits per heavy atom. The number of aromatic nitrogens is 1. The quantitative estimate of drug-likeness (QED) is 0.284. The van der Waals surface area contributed by atoms with Crippen LogP contribution < -0.4 is 16.2 Å². The van der Waals surface area contributed by atoms with Crippen molar-refractivity contribution in [3.63, 3.8) is 0 Å². The summed E-state index contributed by atoms with van der Waals surface area (Å²) in [6.07, 6.45) is 6.57. The molecule has 1 fully saturated rings. The fourth-order valence-corrected chi connectivity index (χ4v) is 5.35. The van der Waals surface area contributed by atoms with Crippen molar-refractivity contribution in [2.45, 2.75) is 70.4 Å². The van der Waals surface area contributed by atoms with Gasteiger partial charge in [-0.1, -0.05) is 49.6 Å². The van der Waals surface area contributed by atoms with E-state index in [-0.39, 0.29) is 22.8 Å². The molecule has 3 aromatic rings. The molecule has 1 aromatic heterocycles. The molecule has 1 aliphatic rings. The summed E-state index contributed by atoms with van der Waals surface area (Å²) < 4.78 is 0. The van der Waals surface area contributed by atoms with Crippen LogP contribution in [0.15, 0.2) is 53.3 Å². The Bertz CT molecular complexity index is 1280. The number of pyridine rings is 1. The van der Waals surface area contributed by atoms with Crippen LogP contribution in [0.3, 0.4) is 0 Å². The van der Waals surface area contributed by atoms with Crippen molar-refractivity contribution < 1.29 is 15.0 Å². The van der Waals surface area contributed by atoms with Gasteiger partial charge in [0.1, 0.15) is 5.75 Å². The molecule has 5 N–H and O–H groups in total. The second-order valence-corrected chi connectivity index (χ2v) is 11.0. The molecule has 0 radical (unpaired) electrons. The maximum absolute atomic E-state index is 12.5. The molecule has 0 unspecified atom stereocenters. The molecule has 1 amide bonds. The molecule has 2 aromatic carbocycles. The fourth-order valence-electron chi connectivity index (χ4n) is 5.35. The summed E-state index contributed by atoms with van der Waals surface area (Å²) in [4.78, 5) is 26.8. The van der Waals surface area contributed by atoms with E-state index in [0.29, 0.717) is 35.3 Å². The molecular formula is C30H39N3O4. The molecule has 4 rings (SSSR count). The predicted octanol–water partition coefficient (Wildman–Crippen LogP) is 4.12. The summed E-state index contributed by atoms with van der Waals surface area (Å²) in [5.74, 6) is 0.665. The van der Waals surface area contributed by atoms with Gasteiger partial charge in [-0.2, -0.15) is 0 Å². The van der Waals surface area contributed by atoms with Gasteiger partial charge in [0, 0.05) is 30.1 Å². The fraction of sp³-hybridized carbons (Fsp3) is 0.467. The lowest BCUT2D eigenvalue weighted by Crippen LogP contribution is -2.43. The Morgan fingerprint density at radius 3 is 2.62 bits per heavy atom. The largest absolute Gasteiger partial charge is 0.506 e. The molecule has 0 saturated heterocycles. The molecule has 1 aliphatic carbocycles. The number of nitrogens with one attached hydrogen (secondary N) is 3. The molecule has 7 nitrogen and oxygen atoms in total. The van der Waals surface area contributed by atoms with E-state index < -0.39 is 6.10 Å². The number of rotatable bonds is 10. The number of benzene rings is 2. The second kappa shape index (κ2) is 11.9. The number of H-pyrrole nitrogens is 1. The SMILES string of the molecule is CC(C)(Cc1cccc(CC(=O)NCC2CCCCC2)c1)NC[C@@H](O)c1ccc(O)c2[nH]c(=O)ccc12. The number of phenolic OH excluding ortho intramolecular Hbond substituents is 1. The molecule has 1 atom stereocenters. The summed E-state index contributed by atoms with van der Waals surface area (Å²) in [7, 11) is 0. The normalized spacial score (nSPS) is 15.5. The Kier molecular flexibility index (Phi) is 8.67. The van der Waals surface area contributed by atoms with Crippen molar-refractivity contribution in [1.29, 1.82) is 0 Å². The van der Waals surface area contributed by atoms with E-state index in [1.807, 2.05) is 12.1 Å². The van der Waals surface area contributed by atoms with Crippen molar-refractivity contribution in [2.24, 2.45) is 5.92 Å². The van der Waals surface area contributed by atoms with Gasteiger partial charge in [-0.25, -0.2) is 0 Å². The number of aromatic amines is 1. The van der Waals surface area contributed by atoms with E-state index in [9.17, 15) is 19.8 Å². The first-order chi connectivity index (χ1) is 17.7. The van der Waals surface area contributed by atoms with Crippen LogP contribution in [0, 0.1) is 5.92 Å². The van der Waals surface area contributed by atoms with E-state index >= 15 is 0 Å². The van der Waals surface area contributed by atoms with Gasteiger partial charge in [0.2, 0.25) is 11.5 Å². The number of aliphatic hydroxyl groups is 1. The number of aliphatic hydroxyl groups excluding tert-OH is 1. The van der Waals surface area contributed by atoms with Gasteiger partial charge >= 0.3 is 0 Å². The highest BCUT2D eigenvalue weighted by Crippen LogP contribution is 2.29. The molecule has 0 aliphatic heterocycles. The molecule has 1 heterocycles. The standard InChI is InChI=1S/C30H39N3O4/c1-30(2,32-19-26(35)23-11-13-25(34)29-24(23)12-14-27(36)33-29)17-22-10-6-9-21(15-22)16-28(37)31-18-20-7-4-3-5-8-20/h6,9-15,20,26,32,34-35H,3-5,7-8,16-19H2,1-2H3,(H,31,37)(H,33,36)/t26-/m1/s1. The first kappa shape index (κ1) is 26.9. The predicted molar refractivity (Wildman–Crippen MR) is 147 cm³/mol. The molecule has 7 heteroatoms. The molecule has 0 bridgehead atoms. The smallest absolute Gasteiger partial charge is 0.248 e. The van der Waals surface area contributed by atoms with Crippen molar-refractivity contribution in [3.8, 4) is 5.75 Å². The topological polar surface area (TPSA) is 114 Å². The average molecular weight is 506 g/mol. The van der Waals surface area contributed by atoms with Gasteiger partial charge in [-0.05, 0) is 67.9 Å². The number of hydrogen-bond donors (Lipinski definition) is 5. The van der Waals surface area contributed by atoms with Crippen LogP contribution in [0.25, 0.3) is 10.9 Å². The van der Waals surface area contributed by atoms with Gasteiger partial charge in [0.25, 0.3) is 0 Å². The number of carbonyl (C=O) groups is 1. The number of carbonyl (C=O) groups excluding carboxylic acids is 1. The highest BCUT2D eigenvalue weighted by Gasteiger charge is 2.22. The van der Waals surface area contributed by atoms with E-state index in [2.05, 4.69) is 41.6 Å². The summed E-state index contributed by atoms with van der Waals surface area (Å²) in [6, 6.07) is 14.3. The van der Waals surface area contributed by atoms with Gasteiger partial charge in [0.15, 0.2) is 0 Å². The van der Waals surface area contributed by atoms with Crippen molar-refractivity contribution in [1.82, 2.24) is 15.6 Å². The van der Waals surface area contributed by atoms with Crippen LogP contribution in [0.4, 0.5) is 0 Å². The summed E-state index contributed by atoms with van der Waals surface area (Å²) in [5, 5.41) is 28.2. The van der Waals surface area contributed by atoms with Gasteiger partial charge in [-0.3, -0.25) is 9.59 Å². The molecule has 198 valence electrons. The third kappa shape index (κ3) is 7.43. The maximum Gasteiger partial charge on any atom is 0.248 e. The zero-order valence-electron chi connectivity index (χ0n) is 21.8. The molecule has 0 spiro atoms. The van der Waals surface area contributed by atoms with Crippen molar-refractivity contribution >= 4 is 16.8 Å². The van der Waals surface area contributed by atoms with Gasteiger partial charge in [0.05, 0.1) is 18.0 Å². The Hall–Kier alpha value is -3.16. The molecular weight excluding hydrogens is 466 g/mol. The van der Waals surface area contributed by atoms with Crippen LogP contribution in [0.2, 0.25) is 0 Å². The third-order valence-electron chi connectivity index (χ3n) is 7.35. The van der Waals surface area contributed by atoms with Crippen LogP contribution >= 0.6 is 0 Å². The van der Waals surface area contributed by atoms with Crippen LogP contribution in [0.1, 0.15) is 68.7 Å². The van der Waals surface area contributed by atoms with Gasteiger partial charge < -0.3 is 25.8 Å². The zero-order chi connectivity index (χ0) is 26.4. The number of amides is 1. The van der Waals surface area contributed by atoms with Crippen molar-refractivity contribution in [2.75, 3.05) is 13.1 Å². The monoisotopic (exact) mass is 505 g/mol. The molecule has 37 heavy (non-hydrogen) atoms. The number of phenols is 1. The number of aromatic hydroxyl groups is 1. The van der Waals surface area contributed by atoms with Crippen LogP contribution in [-0.4, -0.2) is 39.7 Å². The highest BCUT2D eigenvalue weighted by molar-refractivity contribution is 5.87. The van der Waals surface area contributed by atoms with Crippen LogP contribution in [0.5, 0.6) is 5.75 Å². The first-order valence-electron chi connectivity index (χ1n) is 13.3. The van der Waals surface area contributed by atoms with E-state index in [0.717, 1.165) is 24.1 Å². The molecule has 1 saturated carbocycles. The van der Waals surface area contributed by atoms with Crippen LogP contribution in [-0.2, 0) is 17.6 Å². The summed E-state index contributed by atoms with van der Waals surface area (Å²) >= 11 is 0. The number of hydrogen-bond acceptors (Lipinski definition) is 5. The van der Waals surface area contributed by atoms with Gasteiger partial charge in [-0.15, -0.1) is 0 Å². The number of fused-ring (bicyclic) bond motifs is 1. The second-order valence-electron chi connectivity index (χ2n) is 11.0. The number of β-amino-alcohol motifs (C(OH)–C–C–N with tert-alkyl or cyclic N) is 1. The summed E-state index contributed by atoms with van der Waals surface area (Å²) in [6.45, 7) is 5.24. The van der Waals surface area contributed by atoms with E-state index in [1.165, 1.54) is 44.2 Å². The highest BCUT2D eigenvalue weighted by atomic mass is 16.3. The van der Waals surface area contributed by atoms with Crippen molar-refractivity contribution in [3.05, 3.63) is 75.6 Å². The Labute approximate surface area is 218 Å². The third-order valence-corrected chi connectivity index (χ3v) is 7.35. The zero-order valence-corrected chi connectivity index (χ0v) is 21.8. The lowest BCUT2D eigenvalue weighted by atomic mass is 9.89. The average Bonchev–Trinajstić information content (AvgIpc) is 2.87. The first-order valence-corrected chi connectivity index (χ1v) is 13.3. The minimum absolute atomic E-state index is 0.0283. The minimum Gasteiger partial charge on any atom is -0.506 e. The lowest BCUT2D eigenvalue weighted by molar-refractivity contribution is -0.120.